The number of rotatable bonds is 7. The number of likely N-dealkylation sites (tertiary alicyclic amines) is 1. The van der Waals surface area contributed by atoms with Crippen LogP contribution in [0.2, 0.25) is 0 Å². The molecule has 1 aromatic carbocycles. The van der Waals surface area contributed by atoms with Crippen LogP contribution >= 0.6 is 0 Å². The Morgan fingerprint density at radius 3 is 2.59 bits per heavy atom. The first-order chi connectivity index (χ1) is 13.9. The van der Waals surface area contributed by atoms with Crippen LogP contribution in [-0.4, -0.2) is 56.8 Å². The summed E-state index contributed by atoms with van der Waals surface area (Å²) in [5.41, 5.74) is 0.895. The van der Waals surface area contributed by atoms with Gasteiger partial charge in [-0.15, -0.1) is 0 Å². The zero-order valence-electron chi connectivity index (χ0n) is 16.8. The Labute approximate surface area is 169 Å². The van der Waals surface area contributed by atoms with Gasteiger partial charge in [-0.2, -0.15) is 13.2 Å². The first-order valence-electron chi connectivity index (χ1n) is 10.1. The smallest absolute Gasteiger partial charge is 0.401 e. The lowest BCUT2D eigenvalue weighted by Gasteiger charge is -2.32. The number of aliphatic imine (C=N–C) groups is 1. The first-order valence-corrected chi connectivity index (χ1v) is 10.1. The van der Waals surface area contributed by atoms with Gasteiger partial charge in [-0.3, -0.25) is 9.89 Å². The summed E-state index contributed by atoms with van der Waals surface area (Å²) in [5, 5.41) is 7.68. The van der Waals surface area contributed by atoms with Crippen molar-refractivity contribution in [1.82, 2.24) is 15.5 Å². The Balaban J connectivity index is 1.31. The molecule has 0 amide bonds. The molecule has 1 aliphatic heterocycles. The van der Waals surface area contributed by atoms with E-state index < -0.39 is 12.7 Å². The Kier molecular flexibility index (Phi) is 7.41. The third-order valence-electron chi connectivity index (χ3n) is 5.32. The number of hydrogen-bond donors (Lipinski definition) is 2. The normalized spacial score (nSPS) is 17.0. The number of alkyl halides is 3. The van der Waals surface area contributed by atoms with Crippen LogP contribution in [0.4, 0.5) is 13.2 Å². The Bertz CT molecular complexity index is 762. The van der Waals surface area contributed by atoms with Crippen molar-refractivity contribution in [2.45, 2.75) is 31.9 Å². The van der Waals surface area contributed by atoms with Crippen molar-refractivity contribution in [2.24, 2.45) is 10.9 Å². The highest BCUT2D eigenvalue weighted by Crippen LogP contribution is 2.24. The van der Waals surface area contributed by atoms with Gasteiger partial charge in [-0.05, 0) is 50.4 Å². The molecule has 5 nitrogen and oxygen atoms in total. The fourth-order valence-electron chi connectivity index (χ4n) is 3.77. The van der Waals surface area contributed by atoms with E-state index in [0.29, 0.717) is 25.6 Å². The number of piperidine rings is 1. The molecule has 2 aromatic rings. The van der Waals surface area contributed by atoms with E-state index in [9.17, 15) is 13.2 Å². The summed E-state index contributed by atoms with van der Waals surface area (Å²) in [6.07, 6.45) is -0.780. The Morgan fingerprint density at radius 1 is 1.17 bits per heavy atom. The minimum absolute atomic E-state index is 0.459. The molecule has 1 aliphatic rings. The summed E-state index contributed by atoms with van der Waals surface area (Å²) in [6, 6.07) is 9.99. The second-order valence-corrected chi connectivity index (χ2v) is 7.55. The van der Waals surface area contributed by atoms with Crippen molar-refractivity contribution in [3.8, 4) is 0 Å². The van der Waals surface area contributed by atoms with Crippen LogP contribution in [0.3, 0.4) is 0 Å². The first kappa shape index (κ1) is 21.5. The van der Waals surface area contributed by atoms with E-state index in [1.165, 1.54) is 4.90 Å². The van der Waals surface area contributed by atoms with Crippen molar-refractivity contribution in [3.63, 3.8) is 0 Å². The van der Waals surface area contributed by atoms with E-state index >= 15 is 0 Å². The third-order valence-corrected chi connectivity index (χ3v) is 5.32. The van der Waals surface area contributed by atoms with Crippen LogP contribution in [0.5, 0.6) is 0 Å². The molecular formula is C21H29F3N4O. The molecular weight excluding hydrogens is 381 g/mol. The number of nitrogens with one attached hydrogen (secondary N) is 2. The molecule has 0 aliphatic carbocycles. The SMILES string of the molecule is CN=C(NCCc1cc2ccccc2o1)NCCC1CCN(CC(F)(F)F)CC1. The van der Waals surface area contributed by atoms with Crippen LogP contribution in [0.25, 0.3) is 11.0 Å². The quantitative estimate of drug-likeness (QED) is 0.539. The number of nitrogens with zero attached hydrogens (tertiary/aromatic N) is 2. The van der Waals surface area contributed by atoms with Gasteiger partial charge in [0.2, 0.25) is 0 Å². The van der Waals surface area contributed by atoms with Crippen LogP contribution in [0.1, 0.15) is 25.0 Å². The van der Waals surface area contributed by atoms with Gasteiger partial charge in [-0.1, -0.05) is 18.2 Å². The summed E-state index contributed by atoms with van der Waals surface area (Å²) in [4.78, 5) is 5.73. The highest BCUT2D eigenvalue weighted by Gasteiger charge is 2.32. The maximum Gasteiger partial charge on any atom is 0.401 e. The third kappa shape index (κ3) is 6.96. The summed E-state index contributed by atoms with van der Waals surface area (Å²) in [7, 11) is 1.73. The molecule has 0 bridgehead atoms. The van der Waals surface area contributed by atoms with Crippen LogP contribution in [0, 0.1) is 5.92 Å². The highest BCUT2D eigenvalue weighted by molar-refractivity contribution is 5.79. The van der Waals surface area contributed by atoms with Crippen LogP contribution in [-0.2, 0) is 6.42 Å². The lowest BCUT2D eigenvalue weighted by Crippen LogP contribution is -2.42. The van der Waals surface area contributed by atoms with E-state index in [1.807, 2.05) is 24.3 Å². The number of hydrogen-bond acceptors (Lipinski definition) is 3. The molecule has 160 valence electrons. The molecule has 3 rings (SSSR count). The van der Waals surface area contributed by atoms with Crippen molar-refractivity contribution in [2.75, 3.05) is 39.8 Å². The summed E-state index contributed by atoms with van der Waals surface area (Å²) >= 11 is 0. The number of para-hydroxylation sites is 1. The number of halogens is 3. The van der Waals surface area contributed by atoms with Gasteiger partial charge in [0.1, 0.15) is 11.3 Å². The van der Waals surface area contributed by atoms with Gasteiger partial charge in [-0.25, -0.2) is 0 Å². The van der Waals surface area contributed by atoms with Crippen molar-refractivity contribution in [3.05, 3.63) is 36.1 Å². The van der Waals surface area contributed by atoms with E-state index in [0.717, 1.165) is 54.9 Å². The lowest BCUT2D eigenvalue weighted by atomic mass is 9.93. The van der Waals surface area contributed by atoms with Gasteiger partial charge in [0, 0.05) is 31.9 Å². The number of benzene rings is 1. The molecule has 29 heavy (non-hydrogen) atoms. The standard InChI is InChI=1S/C21H29F3N4O/c1-25-20(27-11-7-18-14-17-4-2-3-5-19(17)29-18)26-10-6-16-8-12-28(13-9-16)15-21(22,23)24/h2-5,14,16H,6-13,15H2,1H3,(H2,25,26,27). The average Bonchev–Trinajstić information content (AvgIpc) is 3.09. The Hall–Kier alpha value is -2.22. The number of furan rings is 1. The van der Waals surface area contributed by atoms with Gasteiger partial charge < -0.3 is 15.1 Å². The summed E-state index contributed by atoms with van der Waals surface area (Å²) < 4.78 is 43.2. The zero-order chi connectivity index (χ0) is 20.7. The minimum atomic E-state index is -4.10. The van der Waals surface area contributed by atoms with Gasteiger partial charge in [0.05, 0.1) is 6.54 Å². The highest BCUT2D eigenvalue weighted by atomic mass is 19.4. The summed E-state index contributed by atoms with van der Waals surface area (Å²) in [6.45, 7) is 1.71. The van der Waals surface area contributed by atoms with Crippen LogP contribution in [0.15, 0.2) is 39.7 Å². The maximum absolute atomic E-state index is 12.5. The van der Waals surface area contributed by atoms with E-state index in [1.54, 1.807) is 7.05 Å². The average molecular weight is 410 g/mol. The fraction of sp³-hybridized carbons (Fsp3) is 0.571. The molecule has 1 aromatic heterocycles. The molecule has 8 heteroatoms. The predicted molar refractivity (Wildman–Crippen MR) is 109 cm³/mol. The van der Waals surface area contributed by atoms with E-state index in [4.69, 9.17) is 4.42 Å². The molecule has 2 heterocycles. The molecule has 0 radical (unpaired) electrons. The number of fused-ring (bicyclic) bond motifs is 1. The number of guanidine groups is 1. The predicted octanol–water partition coefficient (Wildman–Crippen LogP) is 3.80. The van der Waals surface area contributed by atoms with E-state index in [-0.39, 0.29) is 0 Å². The fourth-order valence-corrected chi connectivity index (χ4v) is 3.77. The second kappa shape index (κ2) is 10.0. The maximum atomic E-state index is 12.5. The second-order valence-electron chi connectivity index (χ2n) is 7.55. The van der Waals surface area contributed by atoms with Crippen molar-refractivity contribution in [1.29, 1.82) is 0 Å². The molecule has 2 N–H and O–H groups in total. The lowest BCUT2D eigenvalue weighted by molar-refractivity contribution is -0.148. The topological polar surface area (TPSA) is 52.8 Å². The molecule has 0 spiro atoms. The van der Waals surface area contributed by atoms with E-state index in [2.05, 4.69) is 21.7 Å². The zero-order valence-corrected chi connectivity index (χ0v) is 16.8. The van der Waals surface area contributed by atoms with Crippen LogP contribution < -0.4 is 10.6 Å². The monoisotopic (exact) mass is 410 g/mol. The molecule has 0 saturated carbocycles. The largest absolute Gasteiger partial charge is 0.461 e. The van der Waals surface area contributed by atoms with Gasteiger partial charge >= 0.3 is 6.18 Å². The Morgan fingerprint density at radius 2 is 1.90 bits per heavy atom. The molecule has 1 saturated heterocycles. The van der Waals surface area contributed by atoms with Gasteiger partial charge in [0.25, 0.3) is 0 Å². The van der Waals surface area contributed by atoms with Gasteiger partial charge in [0.15, 0.2) is 5.96 Å². The van der Waals surface area contributed by atoms with Crippen molar-refractivity contribution < 1.29 is 17.6 Å². The molecule has 0 unspecified atom stereocenters. The molecule has 0 atom stereocenters. The minimum Gasteiger partial charge on any atom is -0.461 e. The molecule has 1 fully saturated rings. The van der Waals surface area contributed by atoms with Crippen molar-refractivity contribution >= 4 is 16.9 Å². The summed E-state index contributed by atoms with van der Waals surface area (Å²) in [5.74, 6) is 2.12.